The first-order valence-electron chi connectivity index (χ1n) is 19.3. The molecule has 0 amide bonds. The number of fused-ring (bicyclic) bond motifs is 9. The van der Waals surface area contributed by atoms with Crippen LogP contribution in [0.2, 0.25) is 0 Å². The van der Waals surface area contributed by atoms with Crippen LogP contribution in [0.3, 0.4) is 0 Å². The second-order valence-electron chi connectivity index (χ2n) is 14.9. The molecule has 8 aromatic carbocycles. The molecular weight excluding hydrogens is 682 g/mol. The first kappa shape index (κ1) is 32.4. The number of anilines is 3. The van der Waals surface area contributed by atoms with Crippen LogP contribution in [0.1, 0.15) is 28.7 Å². The maximum absolute atomic E-state index is 15.3. The molecule has 0 fully saturated rings. The molecular formula is C54H36FN. The zero-order valence-corrected chi connectivity index (χ0v) is 30.7. The molecule has 0 bridgehead atoms. The van der Waals surface area contributed by atoms with Gasteiger partial charge in [-0.25, -0.2) is 4.39 Å². The van der Waals surface area contributed by atoms with Gasteiger partial charge in [0.15, 0.2) is 0 Å². The SMILES string of the molecule is Fc1ccc2c(c1)C1(C3=C2C=CC3)c2ccccc2-c2cccc(-c3ccc(N(c4ccc(-c5ccccc5)cc4)c4ccc(-c5ccccc5)cc4)cc3)c21. The van der Waals surface area contributed by atoms with Crippen LogP contribution >= 0.6 is 0 Å². The zero-order valence-electron chi connectivity index (χ0n) is 30.7. The molecule has 1 nitrogen and oxygen atoms in total. The number of nitrogens with zero attached hydrogens (tertiary/aromatic N) is 1. The molecule has 1 atom stereocenters. The molecule has 0 radical (unpaired) electrons. The van der Waals surface area contributed by atoms with Crippen molar-refractivity contribution in [2.75, 3.05) is 4.90 Å². The molecule has 3 aliphatic carbocycles. The van der Waals surface area contributed by atoms with Crippen molar-refractivity contribution in [2.45, 2.75) is 11.8 Å². The van der Waals surface area contributed by atoms with Crippen LogP contribution in [0.25, 0.3) is 50.1 Å². The highest BCUT2D eigenvalue weighted by atomic mass is 19.1. The lowest BCUT2D eigenvalue weighted by Crippen LogP contribution is -2.28. The number of hydrogen-bond acceptors (Lipinski definition) is 1. The summed E-state index contributed by atoms with van der Waals surface area (Å²) in [7, 11) is 0. The first-order valence-corrected chi connectivity index (χ1v) is 19.3. The maximum Gasteiger partial charge on any atom is 0.123 e. The molecule has 56 heavy (non-hydrogen) atoms. The Morgan fingerprint density at radius 1 is 0.411 bits per heavy atom. The van der Waals surface area contributed by atoms with Gasteiger partial charge in [-0.05, 0) is 133 Å². The average molecular weight is 718 g/mol. The zero-order chi connectivity index (χ0) is 37.2. The third-order valence-corrected chi connectivity index (χ3v) is 12.0. The van der Waals surface area contributed by atoms with Crippen molar-refractivity contribution < 1.29 is 4.39 Å². The van der Waals surface area contributed by atoms with E-state index in [0.29, 0.717) is 0 Å². The Labute approximate surface area is 327 Å². The van der Waals surface area contributed by atoms with Gasteiger partial charge in [0.25, 0.3) is 0 Å². The summed E-state index contributed by atoms with van der Waals surface area (Å²) in [6.07, 6.45) is 5.35. The second kappa shape index (κ2) is 12.8. The Kier molecular flexibility index (Phi) is 7.40. The minimum atomic E-state index is -0.565. The summed E-state index contributed by atoms with van der Waals surface area (Å²) in [6.45, 7) is 0. The highest BCUT2D eigenvalue weighted by molar-refractivity contribution is 6.01. The van der Waals surface area contributed by atoms with Crippen molar-refractivity contribution in [1.82, 2.24) is 0 Å². The fourth-order valence-electron chi connectivity index (χ4n) is 9.64. The highest BCUT2D eigenvalue weighted by Crippen LogP contribution is 2.65. The van der Waals surface area contributed by atoms with Crippen molar-refractivity contribution in [2.24, 2.45) is 0 Å². The first-order chi connectivity index (χ1) is 27.7. The summed E-state index contributed by atoms with van der Waals surface area (Å²) in [5.74, 6) is -0.199. The number of rotatable bonds is 6. The summed E-state index contributed by atoms with van der Waals surface area (Å²) in [5.41, 5.74) is 19.4. The molecule has 1 spiro atoms. The summed E-state index contributed by atoms with van der Waals surface area (Å²) in [6, 6.07) is 68.5. The normalized spacial score (nSPS) is 15.8. The quantitative estimate of drug-likeness (QED) is 0.166. The van der Waals surface area contributed by atoms with Crippen molar-refractivity contribution in [3.8, 4) is 44.5 Å². The van der Waals surface area contributed by atoms with Crippen LogP contribution in [-0.2, 0) is 5.41 Å². The van der Waals surface area contributed by atoms with Gasteiger partial charge in [-0.2, -0.15) is 0 Å². The van der Waals surface area contributed by atoms with Crippen LogP contribution in [0, 0.1) is 5.82 Å². The van der Waals surface area contributed by atoms with Gasteiger partial charge in [0.1, 0.15) is 5.82 Å². The van der Waals surface area contributed by atoms with E-state index < -0.39 is 5.41 Å². The molecule has 0 heterocycles. The predicted octanol–water partition coefficient (Wildman–Crippen LogP) is 14.3. The van der Waals surface area contributed by atoms with E-state index in [1.165, 1.54) is 61.2 Å². The third-order valence-electron chi connectivity index (χ3n) is 12.0. The highest BCUT2D eigenvalue weighted by Gasteiger charge is 2.54. The lowest BCUT2D eigenvalue weighted by atomic mass is 9.67. The average Bonchev–Trinajstić information content (AvgIpc) is 3.94. The van der Waals surface area contributed by atoms with Gasteiger partial charge < -0.3 is 4.90 Å². The Morgan fingerprint density at radius 3 is 1.55 bits per heavy atom. The topological polar surface area (TPSA) is 3.24 Å². The second-order valence-corrected chi connectivity index (χ2v) is 14.9. The van der Waals surface area contributed by atoms with Crippen molar-refractivity contribution in [1.29, 1.82) is 0 Å². The molecule has 0 aliphatic heterocycles. The number of hydrogen-bond donors (Lipinski definition) is 0. The van der Waals surface area contributed by atoms with Gasteiger partial charge >= 0.3 is 0 Å². The standard InChI is InChI=1S/C54H36FN/c55-41-27-34-48-46-17-10-20-51(46)54(52(48)35-41)50-19-8-7-15-47(50)49-18-9-16-45(53(49)54)40-25-32-44(33-26-40)56(42-28-21-38(22-29-42)36-11-3-1-4-12-36)43-30-23-39(24-31-43)37-13-5-2-6-14-37/h1-19,21-35H,20H2. The summed E-state index contributed by atoms with van der Waals surface area (Å²) < 4.78 is 15.3. The van der Waals surface area contributed by atoms with Crippen molar-refractivity contribution in [3.05, 3.63) is 240 Å². The van der Waals surface area contributed by atoms with E-state index in [1.54, 1.807) is 12.1 Å². The van der Waals surface area contributed by atoms with Crippen LogP contribution < -0.4 is 4.90 Å². The molecule has 0 N–H and O–H groups in total. The number of halogens is 1. The van der Waals surface area contributed by atoms with Crippen LogP contribution in [-0.4, -0.2) is 0 Å². The van der Waals surface area contributed by atoms with E-state index in [9.17, 15) is 0 Å². The fourth-order valence-corrected chi connectivity index (χ4v) is 9.64. The lowest BCUT2D eigenvalue weighted by molar-refractivity contribution is 0.620. The third kappa shape index (κ3) is 4.86. The molecule has 0 saturated heterocycles. The summed E-state index contributed by atoms with van der Waals surface area (Å²) in [4.78, 5) is 2.33. The Balaban J connectivity index is 1.05. The Bertz CT molecular complexity index is 2770. The van der Waals surface area contributed by atoms with E-state index in [0.717, 1.165) is 40.2 Å². The van der Waals surface area contributed by atoms with E-state index in [4.69, 9.17) is 0 Å². The molecule has 264 valence electrons. The molecule has 1 unspecified atom stereocenters. The number of benzene rings is 8. The Morgan fingerprint density at radius 2 is 0.929 bits per heavy atom. The van der Waals surface area contributed by atoms with Gasteiger partial charge in [0, 0.05) is 17.1 Å². The van der Waals surface area contributed by atoms with E-state index in [1.807, 2.05) is 6.07 Å². The lowest BCUT2D eigenvalue weighted by Gasteiger charge is -2.34. The largest absolute Gasteiger partial charge is 0.311 e. The van der Waals surface area contributed by atoms with Crippen LogP contribution in [0.4, 0.5) is 21.5 Å². The van der Waals surface area contributed by atoms with Gasteiger partial charge in [-0.3, -0.25) is 0 Å². The number of allylic oxidation sites excluding steroid dienone is 4. The minimum Gasteiger partial charge on any atom is -0.311 e. The smallest absolute Gasteiger partial charge is 0.123 e. The minimum absolute atomic E-state index is 0.199. The molecule has 2 heteroatoms. The Hall–Kier alpha value is -7.03. The van der Waals surface area contributed by atoms with Gasteiger partial charge in [-0.1, -0.05) is 158 Å². The van der Waals surface area contributed by atoms with Crippen molar-refractivity contribution in [3.63, 3.8) is 0 Å². The molecule has 0 aromatic heterocycles. The molecule has 3 aliphatic rings. The van der Waals surface area contributed by atoms with Gasteiger partial charge in [0.05, 0.1) is 5.41 Å². The van der Waals surface area contributed by atoms with Crippen molar-refractivity contribution >= 4 is 22.6 Å². The molecule has 0 saturated carbocycles. The molecule has 8 aromatic rings. The monoisotopic (exact) mass is 717 g/mol. The van der Waals surface area contributed by atoms with E-state index in [2.05, 4.69) is 193 Å². The maximum atomic E-state index is 15.3. The van der Waals surface area contributed by atoms with E-state index in [-0.39, 0.29) is 5.82 Å². The van der Waals surface area contributed by atoms with Crippen LogP contribution in [0.5, 0.6) is 0 Å². The summed E-state index contributed by atoms with van der Waals surface area (Å²) >= 11 is 0. The van der Waals surface area contributed by atoms with Crippen LogP contribution in [0.15, 0.2) is 212 Å². The van der Waals surface area contributed by atoms with Gasteiger partial charge in [0.2, 0.25) is 0 Å². The fraction of sp³-hybridized carbons (Fsp3) is 0.0370. The van der Waals surface area contributed by atoms with E-state index >= 15 is 4.39 Å². The predicted molar refractivity (Wildman–Crippen MR) is 230 cm³/mol. The summed E-state index contributed by atoms with van der Waals surface area (Å²) in [5, 5.41) is 0. The van der Waals surface area contributed by atoms with Gasteiger partial charge in [-0.15, -0.1) is 0 Å². The molecule has 11 rings (SSSR count).